The first-order valence-corrected chi connectivity index (χ1v) is 7.10. The van der Waals surface area contributed by atoms with Gasteiger partial charge in [0.25, 0.3) is 0 Å². The van der Waals surface area contributed by atoms with Crippen LogP contribution < -0.4 is 11.2 Å². The van der Waals surface area contributed by atoms with Gasteiger partial charge >= 0.3 is 0 Å². The second-order valence-corrected chi connectivity index (χ2v) is 5.96. The van der Waals surface area contributed by atoms with Gasteiger partial charge in [0, 0.05) is 6.04 Å². The number of nitrogens with two attached hydrogens (primary N) is 1. The van der Waals surface area contributed by atoms with E-state index in [2.05, 4.69) is 15.5 Å². The van der Waals surface area contributed by atoms with Gasteiger partial charge in [0.1, 0.15) is 5.82 Å². The monoisotopic (exact) mass is 269 g/mol. The summed E-state index contributed by atoms with van der Waals surface area (Å²) in [5.41, 5.74) is 0. The van der Waals surface area contributed by atoms with E-state index in [0.29, 0.717) is 17.0 Å². The van der Waals surface area contributed by atoms with Gasteiger partial charge in [-0.3, -0.25) is 4.79 Å². The number of nitrogen functional groups attached to an aromatic ring is 1. The van der Waals surface area contributed by atoms with Crippen LogP contribution in [-0.4, -0.2) is 32.1 Å². The summed E-state index contributed by atoms with van der Waals surface area (Å²) >= 11 is 1.33. The van der Waals surface area contributed by atoms with Crippen molar-refractivity contribution in [2.24, 2.45) is 0 Å². The van der Waals surface area contributed by atoms with E-state index < -0.39 is 0 Å². The Kier molecular flexibility index (Phi) is 4.11. The van der Waals surface area contributed by atoms with Crippen LogP contribution in [0.3, 0.4) is 0 Å². The molecular weight excluding hydrogens is 250 g/mol. The summed E-state index contributed by atoms with van der Waals surface area (Å²) in [5, 5.41) is 11.2. The minimum absolute atomic E-state index is 0.0487. The Bertz CT molecular complexity index is 427. The molecule has 0 saturated heterocycles. The van der Waals surface area contributed by atoms with Crippen molar-refractivity contribution in [3.63, 3.8) is 0 Å². The summed E-state index contributed by atoms with van der Waals surface area (Å²) in [5.74, 6) is 6.44. The molecule has 1 aliphatic carbocycles. The van der Waals surface area contributed by atoms with Crippen molar-refractivity contribution in [1.82, 2.24) is 20.2 Å². The molecule has 6 nitrogen and oxygen atoms in total. The highest BCUT2D eigenvalue weighted by Crippen LogP contribution is 2.22. The maximum atomic E-state index is 12.0. The Morgan fingerprint density at radius 2 is 2.17 bits per heavy atom. The van der Waals surface area contributed by atoms with Crippen LogP contribution in [0.4, 0.5) is 0 Å². The van der Waals surface area contributed by atoms with Crippen molar-refractivity contribution in [1.29, 1.82) is 0 Å². The van der Waals surface area contributed by atoms with Gasteiger partial charge in [-0.1, -0.05) is 24.6 Å². The van der Waals surface area contributed by atoms with E-state index in [9.17, 15) is 4.79 Å². The minimum Gasteiger partial charge on any atom is -0.352 e. The lowest BCUT2D eigenvalue weighted by Gasteiger charge is -2.15. The molecule has 2 rings (SSSR count). The molecule has 0 unspecified atom stereocenters. The first-order valence-electron chi connectivity index (χ1n) is 6.22. The number of hydrogen-bond donors (Lipinski definition) is 2. The van der Waals surface area contributed by atoms with Gasteiger partial charge in [-0.05, 0) is 26.7 Å². The first-order chi connectivity index (χ1) is 8.58. The Balaban J connectivity index is 1.88. The fourth-order valence-corrected chi connectivity index (χ4v) is 2.86. The van der Waals surface area contributed by atoms with E-state index in [1.807, 2.05) is 6.92 Å². The highest BCUT2D eigenvalue weighted by atomic mass is 32.2. The van der Waals surface area contributed by atoms with Gasteiger partial charge in [-0.2, -0.15) is 0 Å². The maximum absolute atomic E-state index is 12.0. The van der Waals surface area contributed by atoms with E-state index >= 15 is 0 Å². The largest absolute Gasteiger partial charge is 0.352 e. The third-order valence-corrected chi connectivity index (χ3v) is 4.24. The lowest BCUT2D eigenvalue weighted by molar-refractivity contribution is -0.120. The number of hydrogen-bond acceptors (Lipinski definition) is 5. The summed E-state index contributed by atoms with van der Waals surface area (Å²) in [7, 11) is 0. The van der Waals surface area contributed by atoms with Crippen molar-refractivity contribution < 1.29 is 4.79 Å². The Labute approximate surface area is 111 Å². The van der Waals surface area contributed by atoms with E-state index in [4.69, 9.17) is 5.84 Å². The Morgan fingerprint density at radius 3 is 2.72 bits per heavy atom. The van der Waals surface area contributed by atoms with E-state index in [0.717, 1.165) is 12.8 Å². The highest BCUT2D eigenvalue weighted by Gasteiger charge is 2.22. The van der Waals surface area contributed by atoms with Crippen LogP contribution in [0.25, 0.3) is 0 Å². The average Bonchev–Trinajstić information content (AvgIpc) is 2.94. The van der Waals surface area contributed by atoms with Crippen LogP contribution in [0.15, 0.2) is 5.16 Å². The number of amides is 1. The molecule has 0 spiro atoms. The van der Waals surface area contributed by atoms with Crippen molar-refractivity contribution in [3.8, 4) is 0 Å². The van der Waals surface area contributed by atoms with Crippen LogP contribution in [0.5, 0.6) is 0 Å². The molecule has 0 aromatic carbocycles. The normalized spacial score (nSPS) is 17.9. The van der Waals surface area contributed by atoms with Gasteiger partial charge in [0.15, 0.2) is 0 Å². The average molecular weight is 269 g/mol. The van der Waals surface area contributed by atoms with Crippen LogP contribution in [0.1, 0.15) is 38.4 Å². The molecule has 1 aromatic heterocycles. The lowest BCUT2D eigenvalue weighted by atomic mass is 10.2. The molecule has 0 aliphatic heterocycles. The van der Waals surface area contributed by atoms with E-state index in [1.54, 1.807) is 6.92 Å². The smallest absolute Gasteiger partial charge is 0.233 e. The summed E-state index contributed by atoms with van der Waals surface area (Å²) in [4.78, 5) is 12.0. The Hall–Kier alpha value is -1.24. The molecule has 1 atom stereocenters. The predicted molar refractivity (Wildman–Crippen MR) is 70.6 cm³/mol. The molecule has 1 aromatic rings. The second-order valence-electron chi connectivity index (χ2n) is 4.65. The van der Waals surface area contributed by atoms with Gasteiger partial charge < -0.3 is 11.2 Å². The van der Waals surface area contributed by atoms with Crippen LogP contribution in [0, 0.1) is 6.92 Å². The number of aromatic nitrogens is 3. The molecule has 1 amide bonds. The van der Waals surface area contributed by atoms with Crippen molar-refractivity contribution >= 4 is 17.7 Å². The topological polar surface area (TPSA) is 85.8 Å². The number of carbonyl (C=O) groups excluding carboxylic acids is 1. The molecule has 18 heavy (non-hydrogen) atoms. The molecule has 1 saturated carbocycles. The SMILES string of the molecule is Cc1nnc(S[C@H](C)C(=O)NC2CCCC2)n1N. The number of rotatable bonds is 4. The van der Waals surface area contributed by atoms with Crippen LogP contribution >= 0.6 is 11.8 Å². The zero-order chi connectivity index (χ0) is 13.1. The third-order valence-electron chi connectivity index (χ3n) is 3.19. The van der Waals surface area contributed by atoms with Crippen LogP contribution in [-0.2, 0) is 4.79 Å². The summed E-state index contributed by atoms with van der Waals surface area (Å²) in [6, 6.07) is 0.345. The van der Waals surface area contributed by atoms with Crippen LogP contribution in [0.2, 0.25) is 0 Å². The van der Waals surface area contributed by atoms with Crippen molar-refractivity contribution in [3.05, 3.63) is 5.82 Å². The molecule has 1 fully saturated rings. The number of nitrogens with zero attached hydrogens (tertiary/aromatic N) is 3. The first kappa shape index (κ1) is 13.2. The molecule has 0 bridgehead atoms. The highest BCUT2D eigenvalue weighted by molar-refractivity contribution is 8.00. The number of carbonyl (C=O) groups is 1. The molecule has 1 heterocycles. The quantitative estimate of drug-likeness (QED) is 0.625. The van der Waals surface area contributed by atoms with Gasteiger partial charge in [-0.15, -0.1) is 10.2 Å². The van der Waals surface area contributed by atoms with Gasteiger partial charge in [0.05, 0.1) is 5.25 Å². The zero-order valence-corrected chi connectivity index (χ0v) is 11.5. The van der Waals surface area contributed by atoms with Crippen molar-refractivity contribution in [2.45, 2.75) is 56.0 Å². The number of nitrogens with one attached hydrogen (secondary N) is 1. The molecular formula is C11H19N5OS. The summed E-state index contributed by atoms with van der Waals surface area (Å²) < 4.78 is 1.41. The number of aryl methyl sites for hydroxylation is 1. The lowest BCUT2D eigenvalue weighted by Crippen LogP contribution is -2.37. The van der Waals surface area contributed by atoms with Gasteiger partial charge in [0.2, 0.25) is 11.1 Å². The van der Waals surface area contributed by atoms with Crippen molar-refractivity contribution in [2.75, 3.05) is 5.84 Å². The second kappa shape index (κ2) is 5.60. The standard InChI is InChI=1S/C11H19N5OS/c1-7(10(17)13-9-5-3-4-6-9)18-11-15-14-8(2)16(11)12/h7,9H,3-6,12H2,1-2H3,(H,13,17)/t7-/m1/s1. The molecule has 100 valence electrons. The molecule has 0 radical (unpaired) electrons. The van der Waals surface area contributed by atoms with E-state index in [1.165, 1.54) is 29.3 Å². The Morgan fingerprint density at radius 1 is 1.50 bits per heavy atom. The molecule has 1 aliphatic rings. The number of thioether (sulfide) groups is 1. The van der Waals surface area contributed by atoms with E-state index in [-0.39, 0.29) is 11.2 Å². The predicted octanol–water partition coefficient (Wildman–Crippen LogP) is 0.840. The summed E-state index contributed by atoms with van der Waals surface area (Å²) in [6.45, 7) is 3.64. The fourth-order valence-electron chi connectivity index (χ4n) is 2.03. The summed E-state index contributed by atoms with van der Waals surface area (Å²) in [6.07, 6.45) is 4.61. The minimum atomic E-state index is -0.212. The zero-order valence-electron chi connectivity index (χ0n) is 10.7. The fraction of sp³-hybridized carbons (Fsp3) is 0.727. The third kappa shape index (κ3) is 2.95. The van der Waals surface area contributed by atoms with Gasteiger partial charge in [-0.25, -0.2) is 4.68 Å². The molecule has 3 N–H and O–H groups in total. The maximum Gasteiger partial charge on any atom is 0.233 e. The molecule has 7 heteroatoms.